The maximum Gasteiger partial charge on any atom is 0.124 e. The highest BCUT2D eigenvalue weighted by atomic mass is 16.5. The highest BCUT2D eigenvalue weighted by Gasteiger charge is 2.36. The van der Waals surface area contributed by atoms with E-state index in [0.717, 1.165) is 49.4 Å². The van der Waals surface area contributed by atoms with Gasteiger partial charge in [0.25, 0.3) is 0 Å². The summed E-state index contributed by atoms with van der Waals surface area (Å²) >= 11 is 0. The van der Waals surface area contributed by atoms with E-state index in [9.17, 15) is 5.26 Å². The number of piperidine rings is 1. The zero-order valence-corrected chi connectivity index (χ0v) is 15.6. The molecule has 3 rings (SSSR count). The number of nitrogens with zero attached hydrogens (tertiary/aromatic N) is 2. The van der Waals surface area contributed by atoms with E-state index >= 15 is 0 Å². The molecule has 0 unspecified atom stereocenters. The Labute approximate surface area is 156 Å². The molecule has 0 atom stereocenters. The van der Waals surface area contributed by atoms with E-state index < -0.39 is 0 Å². The van der Waals surface area contributed by atoms with Crippen molar-refractivity contribution in [1.29, 1.82) is 5.26 Å². The van der Waals surface area contributed by atoms with Crippen LogP contribution < -0.4 is 4.74 Å². The maximum absolute atomic E-state index is 9.83. The van der Waals surface area contributed by atoms with Gasteiger partial charge < -0.3 is 9.47 Å². The summed E-state index contributed by atoms with van der Waals surface area (Å²) in [6, 6.07) is 19.1. The maximum atomic E-state index is 9.83. The molecular formula is C22H26N2O2. The third-order valence-electron chi connectivity index (χ3n) is 5.30. The molecule has 0 spiro atoms. The van der Waals surface area contributed by atoms with Crippen molar-refractivity contribution in [3.63, 3.8) is 0 Å². The molecule has 0 aliphatic carbocycles. The Bertz CT molecular complexity index is 759. The number of hydrogen-bond acceptors (Lipinski definition) is 4. The Morgan fingerprint density at radius 3 is 2.42 bits per heavy atom. The van der Waals surface area contributed by atoms with Gasteiger partial charge in [0.2, 0.25) is 0 Å². The molecule has 1 aliphatic heterocycles. The Morgan fingerprint density at radius 1 is 1.08 bits per heavy atom. The number of hydrogen-bond donors (Lipinski definition) is 0. The van der Waals surface area contributed by atoms with Crippen LogP contribution in [0.4, 0.5) is 0 Å². The second kappa shape index (κ2) is 8.35. The second-order valence-electron chi connectivity index (χ2n) is 6.92. The fourth-order valence-corrected chi connectivity index (χ4v) is 3.77. The summed E-state index contributed by atoms with van der Waals surface area (Å²) < 4.78 is 10.7. The lowest BCUT2D eigenvalue weighted by Gasteiger charge is -2.37. The largest absolute Gasteiger partial charge is 0.496 e. The Kier molecular flexibility index (Phi) is 5.92. The minimum atomic E-state index is -0.348. The molecule has 26 heavy (non-hydrogen) atoms. The quantitative estimate of drug-likeness (QED) is 0.793. The van der Waals surface area contributed by atoms with Crippen LogP contribution in [0.25, 0.3) is 0 Å². The van der Waals surface area contributed by atoms with Crippen LogP contribution in [0.1, 0.15) is 29.5 Å². The summed E-state index contributed by atoms with van der Waals surface area (Å²) in [6.45, 7) is 3.28. The molecule has 2 aromatic carbocycles. The molecule has 0 radical (unpaired) electrons. The Hall–Kier alpha value is -2.35. The molecule has 1 fully saturated rings. The van der Waals surface area contributed by atoms with Crippen molar-refractivity contribution in [1.82, 2.24) is 4.90 Å². The summed E-state index contributed by atoms with van der Waals surface area (Å²) in [5.74, 6) is 0.863. The third kappa shape index (κ3) is 3.90. The average Bonchev–Trinajstić information content (AvgIpc) is 2.70. The Morgan fingerprint density at radius 2 is 1.81 bits per heavy atom. The number of likely N-dealkylation sites (tertiary alicyclic amines) is 1. The molecule has 0 N–H and O–H groups in total. The second-order valence-corrected chi connectivity index (χ2v) is 6.92. The van der Waals surface area contributed by atoms with Crippen LogP contribution in [-0.4, -0.2) is 32.2 Å². The molecule has 0 aromatic heterocycles. The molecule has 2 aromatic rings. The van der Waals surface area contributed by atoms with Gasteiger partial charge in [0, 0.05) is 32.3 Å². The van der Waals surface area contributed by atoms with Gasteiger partial charge in [-0.25, -0.2) is 0 Å². The van der Waals surface area contributed by atoms with E-state index in [2.05, 4.69) is 35.2 Å². The average molecular weight is 350 g/mol. The van der Waals surface area contributed by atoms with Gasteiger partial charge in [-0.2, -0.15) is 5.26 Å². The minimum Gasteiger partial charge on any atom is -0.496 e. The van der Waals surface area contributed by atoms with Crippen molar-refractivity contribution in [2.75, 3.05) is 27.3 Å². The van der Waals surface area contributed by atoms with Crippen LogP contribution in [0, 0.1) is 11.3 Å². The summed E-state index contributed by atoms with van der Waals surface area (Å²) in [6.07, 6.45) is 1.74. The van der Waals surface area contributed by atoms with Crippen LogP contribution in [-0.2, 0) is 23.3 Å². The zero-order valence-electron chi connectivity index (χ0n) is 15.6. The van der Waals surface area contributed by atoms with Gasteiger partial charge in [-0.05, 0) is 36.1 Å². The van der Waals surface area contributed by atoms with E-state index in [1.54, 1.807) is 14.2 Å². The van der Waals surface area contributed by atoms with Gasteiger partial charge in [0.1, 0.15) is 5.75 Å². The first-order chi connectivity index (χ1) is 12.7. The lowest BCUT2D eigenvalue weighted by atomic mass is 9.74. The van der Waals surface area contributed by atoms with Crippen molar-refractivity contribution in [2.24, 2.45) is 0 Å². The molecule has 1 saturated heterocycles. The van der Waals surface area contributed by atoms with Crippen LogP contribution in [0.5, 0.6) is 5.75 Å². The molecule has 0 amide bonds. The van der Waals surface area contributed by atoms with Gasteiger partial charge in [0.05, 0.1) is 25.2 Å². The monoisotopic (exact) mass is 350 g/mol. The first-order valence-corrected chi connectivity index (χ1v) is 9.04. The summed E-state index contributed by atoms with van der Waals surface area (Å²) in [5.41, 5.74) is 3.12. The van der Waals surface area contributed by atoms with E-state index in [1.807, 2.05) is 24.3 Å². The van der Waals surface area contributed by atoms with Gasteiger partial charge >= 0.3 is 0 Å². The predicted molar refractivity (Wildman–Crippen MR) is 102 cm³/mol. The highest BCUT2D eigenvalue weighted by Crippen LogP contribution is 2.35. The molecule has 4 nitrogen and oxygen atoms in total. The van der Waals surface area contributed by atoms with Crippen LogP contribution in [0.15, 0.2) is 48.5 Å². The van der Waals surface area contributed by atoms with Crippen molar-refractivity contribution in [2.45, 2.75) is 31.4 Å². The van der Waals surface area contributed by atoms with E-state index in [4.69, 9.17) is 9.47 Å². The summed E-state index contributed by atoms with van der Waals surface area (Å²) in [5, 5.41) is 9.83. The minimum absolute atomic E-state index is 0.348. The molecular weight excluding hydrogens is 324 g/mol. The first kappa shape index (κ1) is 18.4. The molecule has 1 heterocycles. The van der Waals surface area contributed by atoms with E-state index in [-0.39, 0.29) is 5.41 Å². The highest BCUT2D eigenvalue weighted by molar-refractivity contribution is 5.37. The number of benzene rings is 2. The standard InChI is InChI=1S/C22H26N2O2/c1-25-16-19-14-18(8-9-21(19)26-2)15-24-12-10-22(17-23,11-13-24)20-6-4-3-5-7-20/h3-9,14H,10-13,15-16H2,1-2H3. The number of methoxy groups -OCH3 is 2. The Balaban J connectivity index is 1.67. The molecule has 136 valence electrons. The van der Waals surface area contributed by atoms with Gasteiger partial charge in [-0.3, -0.25) is 4.90 Å². The van der Waals surface area contributed by atoms with Crippen LogP contribution in [0.2, 0.25) is 0 Å². The SMILES string of the molecule is COCc1cc(CN2CCC(C#N)(c3ccccc3)CC2)ccc1OC. The fraction of sp³-hybridized carbons (Fsp3) is 0.409. The zero-order chi connectivity index (χ0) is 18.4. The lowest BCUT2D eigenvalue weighted by molar-refractivity contribution is 0.176. The predicted octanol–water partition coefficient (Wildman–Crippen LogP) is 3.90. The summed E-state index contributed by atoms with van der Waals surface area (Å²) in [7, 11) is 3.38. The van der Waals surface area contributed by atoms with E-state index in [0.29, 0.717) is 6.61 Å². The topological polar surface area (TPSA) is 45.5 Å². The van der Waals surface area contributed by atoms with Gasteiger partial charge in [-0.15, -0.1) is 0 Å². The smallest absolute Gasteiger partial charge is 0.124 e. The number of rotatable bonds is 6. The van der Waals surface area contributed by atoms with Crippen molar-refractivity contribution < 1.29 is 9.47 Å². The van der Waals surface area contributed by atoms with Crippen molar-refractivity contribution in [3.8, 4) is 11.8 Å². The number of nitriles is 1. The fourth-order valence-electron chi connectivity index (χ4n) is 3.77. The van der Waals surface area contributed by atoms with Crippen LogP contribution in [0.3, 0.4) is 0 Å². The number of ether oxygens (including phenoxy) is 2. The lowest BCUT2D eigenvalue weighted by Crippen LogP contribution is -2.41. The molecule has 1 aliphatic rings. The van der Waals surface area contributed by atoms with Crippen molar-refractivity contribution in [3.05, 3.63) is 65.2 Å². The molecule has 0 saturated carbocycles. The first-order valence-electron chi connectivity index (χ1n) is 9.04. The van der Waals surface area contributed by atoms with Crippen LogP contribution >= 0.6 is 0 Å². The van der Waals surface area contributed by atoms with Gasteiger partial charge in [0.15, 0.2) is 0 Å². The van der Waals surface area contributed by atoms with Crippen molar-refractivity contribution >= 4 is 0 Å². The van der Waals surface area contributed by atoms with E-state index in [1.165, 1.54) is 5.56 Å². The third-order valence-corrected chi connectivity index (χ3v) is 5.30. The van der Waals surface area contributed by atoms with Gasteiger partial charge in [-0.1, -0.05) is 36.4 Å². The summed E-state index contributed by atoms with van der Waals surface area (Å²) in [4.78, 5) is 2.43. The molecule has 4 heteroatoms. The molecule has 0 bridgehead atoms. The normalized spacial score (nSPS) is 16.8.